The van der Waals surface area contributed by atoms with E-state index >= 15 is 0 Å². The van der Waals surface area contributed by atoms with Crippen LogP contribution >= 0.6 is 0 Å². The van der Waals surface area contributed by atoms with Crippen molar-refractivity contribution in [3.63, 3.8) is 0 Å². The highest BCUT2D eigenvalue weighted by molar-refractivity contribution is 5.34. The lowest BCUT2D eigenvalue weighted by molar-refractivity contribution is 0.0512. The molecule has 2 heteroatoms. The number of allylic oxidation sites excluding steroid dienone is 2. The van der Waals surface area contributed by atoms with Crippen LogP contribution < -0.4 is 0 Å². The van der Waals surface area contributed by atoms with Crippen molar-refractivity contribution in [3.8, 4) is 0 Å². The molecule has 1 N–H and O–H groups in total. The number of aliphatic hydroxyl groups excluding tert-OH is 1. The van der Waals surface area contributed by atoms with Gasteiger partial charge < -0.3 is 9.84 Å². The minimum absolute atomic E-state index is 0.233. The Bertz CT molecular complexity index is 341. The Morgan fingerprint density at radius 3 is 3.19 bits per heavy atom. The van der Waals surface area contributed by atoms with Gasteiger partial charge in [0, 0.05) is 11.8 Å². The summed E-state index contributed by atoms with van der Waals surface area (Å²) in [5.74, 6) is 0.964. The average molecular weight is 220 g/mol. The fraction of sp³-hybridized carbons (Fsp3) is 0.571. The van der Waals surface area contributed by atoms with Crippen molar-refractivity contribution in [2.75, 3.05) is 7.11 Å². The molecule has 2 aliphatic rings. The highest BCUT2D eigenvalue weighted by Crippen LogP contribution is 2.48. The summed E-state index contributed by atoms with van der Waals surface area (Å²) in [6.07, 6.45) is 10.7. The van der Waals surface area contributed by atoms with E-state index in [2.05, 4.69) is 18.7 Å². The molecule has 2 rings (SSSR count). The molecule has 16 heavy (non-hydrogen) atoms. The molecule has 1 saturated carbocycles. The van der Waals surface area contributed by atoms with Crippen molar-refractivity contribution >= 4 is 0 Å². The lowest BCUT2D eigenvalue weighted by Crippen LogP contribution is -2.39. The summed E-state index contributed by atoms with van der Waals surface area (Å²) in [5.41, 5.74) is 1.14. The van der Waals surface area contributed by atoms with Gasteiger partial charge in [-0.25, -0.2) is 0 Å². The monoisotopic (exact) mass is 220 g/mol. The standard InChI is InChI=1S/C14H20O2/c1-3-9-14-10-12(16-2)8-7-11(14)5-4-6-13(14)15/h3,7,10,13,15H,1,4-6,8-9H2,2H3/t13-,14+/m1/s1. The summed E-state index contributed by atoms with van der Waals surface area (Å²) >= 11 is 0. The average Bonchev–Trinajstić information content (AvgIpc) is 2.30. The van der Waals surface area contributed by atoms with Gasteiger partial charge >= 0.3 is 0 Å². The molecule has 0 aromatic carbocycles. The third kappa shape index (κ3) is 1.71. The van der Waals surface area contributed by atoms with Gasteiger partial charge in [-0.1, -0.05) is 17.7 Å². The predicted octanol–water partition coefficient (Wildman–Crippen LogP) is 2.95. The van der Waals surface area contributed by atoms with Crippen LogP contribution in [-0.4, -0.2) is 18.3 Å². The first-order valence-electron chi connectivity index (χ1n) is 5.97. The second-order valence-electron chi connectivity index (χ2n) is 4.69. The van der Waals surface area contributed by atoms with Gasteiger partial charge in [0.2, 0.25) is 0 Å². The molecule has 0 aromatic heterocycles. The summed E-state index contributed by atoms with van der Waals surface area (Å²) in [5, 5.41) is 10.3. The minimum Gasteiger partial charge on any atom is -0.501 e. The first-order chi connectivity index (χ1) is 7.73. The Morgan fingerprint density at radius 1 is 1.69 bits per heavy atom. The maximum absolute atomic E-state index is 10.3. The van der Waals surface area contributed by atoms with E-state index in [-0.39, 0.29) is 11.5 Å². The minimum atomic E-state index is -0.295. The highest BCUT2D eigenvalue weighted by atomic mass is 16.5. The van der Waals surface area contributed by atoms with Crippen LogP contribution in [0.25, 0.3) is 0 Å². The maximum Gasteiger partial charge on any atom is 0.0963 e. The van der Waals surface area contributed by atoms with Crippen LogP contribution in [0.15, 0.2) is 36.1 Å². The third-order valence-electron chi connectivity index (χ3n) is 3.83. The van der Waals surface area contributed by atoms with Crippen molar-refractivity contribution in [1.29, 1.82) is 0 Å². The number of ether oxygens (including phenoxy) is 1. The number of aliphatic hydroxyl groups is 1. The Kier molecular flexibility index (Phi) is 3.20. The molecule has 1 fully saturated rings. The van der Waals surface area contributed by atoms with Gasteiger partial charge in [-0.15, -0.1) is 6.58 Å². The summed E-state index contributed by atoms with van der Waals surface area (Å²) in [6, 6.07) is 0. The van der Waals surface area contributed by atoms with E-state index in [4.69, 9.17) is 4.74 Å². The Morgan fingerprint density at radius 2 is 2.50 bits per heavy atom. The number of rotatable bonds is 3. The first kappa shape index (κ1) is 11.5. The molecule has 0 aromatic rings. The fourth-order valence-electron chi connectivity index (χ4n) is 2.95. The summed E-state index contributed by atoms with van der Waals surface area (Å²) < 4.78 is 5.33. The van der Waals surface area contributed by atoms with Gasteiger partial charge in [-0.3, -0.25) is 0 Å². The highest BCUT2D eigenvalue weighted by Gasteiger charge is 2.42. The molecule has 0 amide bonds. The van der Waals surface area contributed by atoms with E-state index in [9.17, 15) is 5.11 Å². The maximum atomic E-state index is 10.3. The van der Waals surface area contributed by atoms with Crippen LogP contribution in [0.4, 0.5) is 0 Å². The zero-order valence-electron chi connectivity index (χ0n) is 9.91. The zero-order valence-corrected chi connectivity index (χ0v) is 9.91. The van der Waals surface area contributed by atoms with E-state index in [1.807, 2.05) is 6.08 Å². The van der Waals surface area contributed by atoms with Crippen molar-refractivity contribution in [2.24, 2.45) is 5.41 Å². The van der Waals surface area contributed by atoms with Gasteiger partial charge in [0.15, 0.2) is 0 Å². The number of fused-ring (bicyclic) bond motifs is 1. The molecule has 2 atom stereocenters. The first-order valence-corrected chi connectivity index (χ1v) is 5.97. The van der Waals surface area contributed by atoms with E-state index in [0.29, 0.717) is 0 Å². The molecule has 0 unspecified atom stereocenters. The van der Waals surface area contributed by atoms with Crippen LogP contribution in [0.3, 0.4) is 0 Å². The second kappa shape index (κ2) is 4.46. The van der Waals surface area contributed by atoms with Gasteiger partial charge in [-0.2, -0.15) is 0 Å². The zero-order chi connectivity index (χ0) is 11.6. The lowest BCUT2D eigenvalue weighted by Gasteiger charge is -2.43. The molecule has 2 nitrogen and oxygen atoms in total. The van der Waals surface area contributed by atoms with Crippen LogP contribution in [0.5, 0.6) is 0 Å². The molecule has 0 saturated heterocycles. The Hall–Kier alpha value is -1.02. The van der Waals surface area contributed by atoms with Crippen LogP contribution in [0.1, 0.15) is 32.1 Å². The third-order valence-corrected chi connectivity index (χ3v) is 3.83. The summed E-state index contributed by atoms with van der Waals surface area (Å²) in [4.78, 5) is 0. The molecule has 88 valence electrons. The lowest BCUT2D eigenvalue weighted by atomic mass is 9.64. The molecule has 0 spiro atoms. The quantitative estimate of drug-likeness (QED) is 0.741. The van der Waals surface area contributed by atoms with Gasteiger partial charge in [0.25, 0.3) is 0 Å². The van der Waals surface area contributed by atoms with Crippen molar-refractivity contribution in [1.82, 2.24) is 0 Å². The topological polar surface area (TPSA) is 29.5 Å². The molecule has 2 aliphatic carbocycles. The molecule has 0 radical (unpaired) electrons. The van der Waals surface area contributed by atoms with E-state index < -0.39 is 0 Å². The van der Waals surface area contributed by atoms with Crippen molar-refractivity contribution in [3.05, 3.63) is 36.1 Å². The smallest absolute Gasteiger partial charge is 0.0963 e. The van der Waals surface area contributed by atoms with Gasteiger partial charge in [0.1, 0.15) is 0 Å². The van der Waals surface area contributed by atoms with Crippen LogP contribution in [0.2, 0.25) is 0 Å². The number of methoxy groups -OCH3 is 1. The molecule has 0 heterocycles. The molecule has 0 bridgehead atoms. The van der Waals surface area contributed by atoms with Crippen molar-refractivity contribution < 1.29 is 9.84 Å². The molecular formula is C14H20O2. The SMILES string of the molecule is C=CC[C@]12C=C(OC)CC=C1CCC[C@H]2O. The van der Waals surface area contributed by atoms with Crippen LogP contribution in [0, 0.1) is 5.41 Å². The van der Waals surface area contributed by atoms with E-state index in [1.165, 1.54) is 5.57 Å². The molecule has 0 aliphatic heterocycles. The van der Waals surface area contributed by atoms with Crippen molar-refractivity contribution in [2.45, 2.75) is 38.2 Å². The summed E-state index contributed by atoms with van der Waals surface area (Å²) in [7, 11) is 1.70. The van der Waals surface area contributed by atoms with Crippen LogP contribution in [-0.2, 0) is 4.74 Å². The summed E-state index contributed by atoms with van der Waals surface area (Å²) in [6.45, 7) is 3.82. The normalized spacial score (nSPS) is 33.5. The Labute approximate surface area is 97.3 Å². The largest absolute Gasteiger partial charge is 0.501 e. The van der Waals surface area contributed by atoms with Gasteiger partial charge in [-0.05, 0) is 31.8 Å². The van der Waals surface area contributed by atoms with E-state index in [1.54, 1.807) is 7.11 Å². The Balaban J connectivity index is 2.39. The molecular weight excluding hydrogens is 200 g/mol. The number of hydrogen-bond acceptors (Lipinski definition) is 2. The number of hydrogen-bond donors (Lipinski definition) is 1. The second-order valence-corrected chi connectivity index (χ2v) is 4.69. The van der Waals surface area contributed by atoms with Gasteiger partial charge in [0.05, 0.1) is 19.0 Å². The van der Waals surface area contributed by atoms with E-state index in [0.717, 1.165) is 37.9 Å². The predicted molar refractivity (Wildman–Crippen MR) is 64.9 cm³/mol. The fourth-order valence-corrected chi connectivity index (χ4v) is 2.95.